The average molecular weight is 314 g/mol. The molecule has 1 aromatic rings. The SMILES string of the molecule is CO/C(=C/C(=O)Nc1ccccc1)C(C#N)=C(N(C)C)N(C)C. The van der Waals surface area contributed by atoms with Gasteiger partial charge < -0.3 is 19.9 Å². The van der Waals surface area contributed by atoms with E-state index in [0.29, 0.717) is 11.5 Å². The van der Waals surface area contributed by atoms with Crippen molar-refractivity contribution in [2.45, 2.75) is 0 Å². The highest BCUT2D eigenvalue weighted by Crippen LogP contribution is 2.18. The smallest absolute Gasteiger partial charge is 0.252 e. The number of carbonyl (C=O) groups is 1. The van der Waals surface area contributed by atoms with Crippen molar-refractivity contribution in [1.82, 2.24) is 9.80 Å². The second-order valence-electron chi connectivity index (χ2n) is 5.17. The predicted molar refractivity (Wildman–Crippen MR) is 90.2 cm³/mol. The third-order valence-electron chi connectivity index (χ3n) is 2.95. The first-order valence-electron chi connectivity index (χ1n) is 7.01. The number of ether oxygens (including phenoxy) is 1. The van der Waals surface area contributed by atoms with E-state index < -0.39 is 0 Å². The van der Waals surface area contributed by atoms with E-state index in [1.807, 2.05) is 46.4 Å². The quantitative estimate of drug-likeness (QED) is 0.376. The number of nitrogens with one attached hydrogen (secondary N) is 1. The van der Waals surface area contributed by atoms with Gasteiger partial charge in [-0.25, -0.2) is 0 Å². The van der Waals surface area contributed by atoms with E-state index in [-0.39, 0.29) is 17.2 Å². The lowest BCUT2D eigenvalue weighted by Gasteiger charge is -2.26. The van der Waals surface area contributed by atoms with Crippen molar-refractivity contribution in [3.63, 3.8) is 0 Å². The summed E-state index contributed by atoms with van der Waals surface area (Å²) in [6, 6.07) is 11.2. The summed E-state index contributed by atoms with van der Waals surface area (Å²) in [6.45, 7) is 0. The molecule has 0 saturated heterocycles. The molecule has 0 unspecified atom stereocenters. The molecule has 1 aromatic carbocycles. The van der Waals surface area contributed by atoms with Crippen molar-refractivity contribution in [2.75, 3.05) is 40.6 Å². The molecule has 0 atom stereocenters. The molecule has 0 aliphatic heterocycles. The molecule has 0 aromatic heterocycles. The van der Waals surface area contributed by atoms with Gasteiger partial charge in [-0.15, -0.1) is 0 Å². The van der Waals surface area contributed by atoms with Crippen LogP contribution in [0.2, 0.25) is 0 Å². The van der Waals surface area contributed by atoms with Crippen molar-refractivity contribution in [2.24, 2.45) is 0 Å². The summed E-state index contributed by atoms with van der Waals surface area (Å²) in [7, 11) is 8.73. The van der Waals surface area contributed by atoms with Gasteiger partial charge in [-0.05, 0) is 12.1 Å². The van der Waals surface area contributed by atoms with Gasteiger partial charge >= 0.3 is 0 Å². The lowest BCUT2D eigenvalue weighted by molar-refractivity contribution is -0.112. The fraction of sp³-hybridized carbons (Fsp3) is 0.294. The maximum atomic E-state index is 12.1. The monoisotopic (exact) mass is 314 g/mol. The molecular weight excluding hydrogens is 292 g/mol. The van der Waals surface area contributed by atoms with Gasteiger partial charge in [0, 0.05) is 40.0 Å². The van der Waals surface area contributed by atoms with Crippen LogP contribution in [0.3, 0.4) is 0 Å². The molecule has 0 aliphatic rings. The van der Waals surface area contributed by atoms with Crippen LogP contribution in [-0.4, -0.2) is 51.0 Å². The number of allylic oxidation sites excluding steroid dienone is 1. The van der Waals surface area contributed by atoms with Gasteiger partial charge in [-0.3, -0.25) is 4.79 Å². The summed E-state index contributed by atoms with van der Waals surface area (Å²) >= 11 is 0. The minimum absolute atomic E-state index is 0.207. The van der Waals surface area contributed by atoms with Gasteiger partial charge in [0.15, 0.2) is 0 Å². The van der Waals surface area contributed by atoms with Crippen LogP contribution < -0.4 is 5.32 Å². The molecule has 122 valence electrons. The number of amides is 1. The maximum Gasteiger partial charge on any atom is 0.252 e. The van der Waals surface area contributed by atoms with Crippen molar-refractivity contribution < 1.29 is 9.53 Å². The Bertz CT molecular complexity index is 630. The molecule has 6 nitrogen and oxygen atoms in total. The highest BCUT2D eigenvalue weighted by molar-refractivity contribution is 6.00. The average Bonchev–Trinajstić information content (AvgIpc) is 2.50. The Labute approximate surface area is 137 Å². The molecule has 0 saturated carbocycles. The molecule has 1 amide bonds. The zero-order chi connectivity index (χ0) is 17.4. The lowest BCUT2D eigenvalue weighted by atomic mass is 10.2. The Morgan fingerprint density at radius 1 is 1.17 bits per heavy atom. The van der Waals surface area contributed by atoms with Crippen LogP contribution in [0.4, 0.5) is 5.69 Å². The fourth-order valence-electron chi connectivity index (χ4n) is 2.11. The second kappa shape index (κ2) is 8.49. The van der Waals surface area contributed by atoms with E-state index in [1.165, 1.54) is 13.2 Å². The Hall–Kier alpha value is -2.94. The number of benzene rings is 1. The topological polar surface area (TPSA) is 68.6 Å². The Kier molecular flexibility index (Phi) is 6.68. The normalized spacial score (nSPS) is 10.3. The number of anilines is 1. The molecule has 0 heterocycles. The van der Waals surface area contributed by atoms with Crippen molar-refractivity contribution in [3.05, 3.63) is 53.6 Å². The molecular formula is C17H22N4O2. The summed E-state index contributed by atoms with van der Waals surface area (Å²) in [6.07, 6.45) is 1.28. The predicted octanol–water partition coefficient (Wildman–Crippen LogP) is 2.01. The Balaban J connectivity index is 3.16. The van der Waals surface area contributed by atoms with Gasteiger partial charge in [-0.1, -0.05) is 18.2 Å². The van der Waals surface area contributed by atoms with Crippen LogP contribution in [0.25, 0.3) is 0 Å². The van der Waals surface area contributed by atoms with Crippen LogP contribution in [-0.2, 0) is 9.53 Å². The van der Waals surface area contributed by atoms with Crippen LogP contribution >= 0.6 is 0 Å². The minimum Gasteiger partial charge on any atom is -0.495 e. The molecule has 0 bridgehead atoms. The molecule has 0 aliphatic carbocycles. The van der Waals surface area contributed by atoms with E-state index in [0.717, 1.165) is 0 Å². The summed E-state index contributed by atoms with van der Waals surface area (Å²) in [5.41, 5.74) is 0.956. The number of hydrogen-bond donors (Lipinski definition) is 1. The minimum atomic E-state index is -0.363. The molecule has 23 heavy (non-hydrogen) atoms. The number of nitriles is 1. The van der Waals surface area contributed by atoms with Crippen molar-refractivity contribution in [1.29, 1.82) is 5.26 Å². The molecule has 0 spiro atoms. The summed E-state index contributed by atoms with van der Waals surface area (Å²) in [4.78, 5) is 15.7. The van der Waals surface area contributed by atoms with E-state index in [2.05, 4.69) is 11.4 Å². The maximum absolute atomic E-state index is 12.1. The van der Waals surface area contributed by atoms with E-state index in [1.54, 1.807) is 21.9 Å². The first kappa shape index (κ1) is 18.1. The number of nitrogens with zero attached hydrogens (tertiary/aromatic N) is 3. The Morgan fingerprint density at radius 2 is 1.74 bits per heavy atom. The van der Waals surface area contributed by atoms with Crippen LogP contribution in [0, 0.1) is 11.3 Å². The third-order valence-corrected chi connectivity index (χ3v) is 2.95. The molecule has 1 rings (SSSR count). The van der Waals surface area contributed by atoms with E-state index in [9.17, 15) is 10.1 Å². The number of methoxy groups -OCH3 is 1. The lowest BCUT2D eigenvalue weighted by Crippen LogP contribution is -2.27. The van der Waals surface area contributed by atoms with Crippen LogP contribution in [0.1, 0.15) is 0 Å². The third kappa shape index (κ3) is 5.08. The largest absolute Gasteiger partial charge is 0.495 e. The highest BCUT2D eigenvalue weighted by atomic mass is 16.5. The Morgan fingerprint density at radius 3 is 2.17 bits per heavy atom. The number of carbonyl (C=O) groups excluding carboxylic acids is 1. The fourth-order valence-corrected chi connectivity index (χ4v) is 2.11. The zero-order valence-electron chi connectivity index (χ0n) is 14.1. The zero-order valence-corrected chi connectivity index (χ0v) is 14.1. The summed E-state index contributed by atoms with van der Waals surface area (Å²) < 4.78 is 5.26. The van der Waals surface area contributed by atoms with E-state index in [4.69, 9.17) is 4.74 Å². The molecule has 6 heteroatoms. The van der Waals surface area contributed by atoms with Gasteiger partial charge in [0.2, 0.25) is 0 Å². The standard InChI is InChI=1S/C17H22N4O2/c1-20(2)17(21(3)4)14(12-18)15(23-5)11-16(22)19-13-9-7-6-8-10-13/h6-11H,1-5H3,(H,19,22)/b15-11+. The molecule has 1 N–H and O–H groups in total. The highest BCUT2D eigenvalue weighted by Gasteiger charge is 2.17. The first-order chi connectivity index (χ1) is 10.9. The number of para-hydroxylation sites is 1. The van der Waals surface area contributed by atoms with Gasteiger partial charge in [0.1, 0.15) is 23.2 Å². The van der Waals surface area contributed by atoms with Crippen molar-refractivity contribution >= 4 is 11.6 Å². The van der Waals surface area contributed by atoms with Crippen LogP contribution in [0.5, 0.6) is 0 Å². The summed E-state index contributed by atoms with van der Waals surface area (Å²) in [5, 5.41) is 12.2. The molecule has 0 fully saturated rings. The van der Waals surface area contributed by atoms with Gasteiger partial charge in [0.05, 0.1) is 7.11 Å². The van der Waals surface area contributed by atoms with Gasteiger partial charge in [-0.2, -0.15) is 5.26 Å². The first-order valence-corrected chi connectivity index (χ1v) is 7.01. The number of hydrogen-bond acceptors (Lipinski definition) is 5. The summed E-state index contributed by atoms with van der Waals surface area (Å²) in [5.74, 6) is 0.490. The molecule has 0 radical (unpaired) electrons. The van der Waals surface area contributed by atoms with Crippen LogP contribution in [0.15, 0.2) is 53.6 Å². The van der Waals surface area contributed by atoms with E-state index >= 15 is 0 Å². The number of rotatable bonds is 6. The van der Waals surface area contributed by atoms with Gasteiger partial charge in [0.25, 0.3) is 5.91 Å². The second-order valence-corrected chi connectivity index (χ2v) is 5.17. The van der Waals surface area contributed by atoms with Crippen molar-refractivity contribution in [3.8, 4) is 6.07 Å².